The summed E-state index contributed by atoms with van der Waals surface area (Å²) in [5, 5.41) is 8.01. The van der Waals surface area contributed by atoms with Gasteiger partial charge in [0, 0.05) is 44.0 Å². The van der Waals surface area contributed by atoms with Crippen LogP contribution in [0.15, 0.2) is 60.7 Å². The Balaban J connectivity index is 1.11. The second-order valence-corrected chi connectivity index (χ2v) is 9.12. The van der Waals surface area contributed by atoms with E-state index in [1.165, 1.54) is 0 Å². The highest BCUT2D eigenvalue weighted by molar-refractivity contribution is 5.68. The predicted molar refractivity (Wildman–Crippen MR) is 139 cm³/mol. The molecule has 0 unspecified atom stereocenters. The first-order chi connectivity index (χ1) is 17.7. The number of fused-ring (bicyclic) bond motifs is 2. The number of rotatable bonds is 7. The van der Waals surface area contributed by atoms with Gasteiger partial charge in [-0.3, -0.25) is 4.90 Å². The van der Waals surface area contributed by atoms with Crippen LogP contribution in [-0.4, -0.2) is 84.0 Å². The lowest BCUT2D eigenvalue weighted by molar-refractivity contribution is 0.134. The molecule has 0 aliphatic carbocycles. The number of hydrogen-bond donors (Lipinski definition) is 1. The number of nitrogens with zero attached hydrogens (tertiary/aromatic N) is 5. The number of likely N-dealkylation sites (N-methyl/N-ethyl adjacent to an activating group) is 1. The molecule has 186 valence electrons. The first-order valence-corrected chi connectivity index (χ1v) is 12.4. The first kappa shape index (κ1) is 22.6. The van der Waals surface area contributed by atoms with E-state index in [-0.39, 0.29) is 0 Å². The molecular formula is C27H30N6O3. The van der Waals surface area contributed by atoms with Crippen molar-refractivity contribution in [2.24, 2.45) is 0 Å². The SMILES string of the molecule is CN1CCN(CCOc2ccc(Nc3nc4cccc(-c5ccc6c(c5)OCCO6)n4n3)cc2)CC1. The molecule has 2 aliphatic rings. The smallest absolute Gasteiger partial charge is 0.247 e. The number of benzene rings is 2. The number of aromatic nitrogens is 3. The second kappa shape index (κ2) is 10.0. The number of hydrogen-bond acceptors (Lipinski definition) is 8. The highest BCUT2D eigenvalue weighted by atomic mass is 16.6. The van der Waals surface area contributed by atoms with Crippen LogP contribution in [-0.2, 0) is 0 Å². The monoisotopic (exact) mass is 486 g/mol. The summed E-state index contributed by atoms with van der Waals surface area (Å²) in [6.45, 7) is 7.21. The highest BCUT2D eigenvalue weighted by Crippen LogP contribution is 2.34. The Labute approximate surface area is 210 Å². The van der Waals surface area contributed by atoms with Crippen LogP contribution in [0.3, 0.4) is 0 Å². The van der Waals surface area contributed by atoms with Gasteiger partial charge in [0.25, 0.3) is 0 Å². The predicted octanol–water partition coefficient (Wildman–Crippen LogP) is 3.54. The molecule has 0 spiro atoms. The van der Waals surface area contributed by atoms with E-state index in [4.69, 9.17) is 19.3 Å². The van der Waals surface area contributed by atoms with E-state index >= 15 is 0 Å². The lowest BCUT2D eigenvalue weighted by Gasteiger charge is -2.32. The molecular weight excluding hydrogens is 456 g/mol. The molecule has 4 aromatic rings. The first-order valence-electron chi connectivity index (χ1n) is 12.4. The van der Waals surface area contributed by atoms with Crippen LogP contribution in [0.25, 0.3) is 16.9 Å². The molecule has 0 radical (unpaired) electrons. The summed E-state index contributed by atoms with van der Waals surface area (Å²) >= 11 is 0. The Morgan fingerprint density at radius 1 is 0.917 bits per heavy atom. The Bertz CT molecular complexity index is 1330. The quantitative estimate of drug-likeness (QED) is 0.425. The number of ether oxygens (including phenoxy) is 3. The minimum atomic E-state index is 0.531. The Morgan fingerprint density at radius 3 is 2.56 bits per heavy atom. The minimum Gasteiger partial charge on any atom is -0.492 e. The van der Waals surface area contributed by atoms with E-state index in [9.17, 15) is 0 Å². The molecule has 9 nitrogen and oxygen atoms in total. The zero-order valence-corrected chi connectivity index (χ0v) is 20.4. The summed E-state index contributed by atoms with van der Waals surface area (Å²) in [4.78, 5) is 9.47. The van der Waals surface area contributed by atoms with Crippen LogP contribution >= 0.6 is 0 Å². The molecule has 1 N–H and O–H groups in total. The van der Waals surface area contributed by atoms with Gasteiger partial charge in [0.15, 0.2) is 17.1 Å². The van der Waals surface area contributed by atoms with Gasteiger partial charge >= 0.3 is 0 Å². The van der Waals surface area contributed by atoms with Crippen molar-refractivity contribution < 1.29 is 14.2 Å². The van der Waals surface area contributed by atoms with Gasteiger partial charge in [0.2, 0.25) is 5.95 Å². The Kier molecular flexibility index (Phi) is 6.31. The van der Waals surface area contributed by atoms with Gasteiger partial charge in [0.1, 0.15) is 25.6 Å². The molecule has 2 aliphatic heterocycles. The molecule has 36 heavy (non-hydrogen) atoms. The zero-order chi connectivity index (χ0) is 24.3. The number of nitrogens with one attached hydrogen (secondary N) is 1. The lowest BCUT2D eigenvalue weighted by atomic mass is 10.1. The summed E-state index contributed by atoms with van der Waals surface area (Å²) < 4.78 is 19.2. The van der Waals surface area contributed by atoms with Gasteiger partial charge in [0.05, 0.1) is 5.69 Å². The summed E-state index contributed by atoms with van der Waals surface area (Å²) in [7, 11) is 2.17. The summed E-state index contributed by atoms with van der Waals surface area (Å²) in [6.07, 6.45) is 0. The molecule has 9 heteroatoms. The minimum absolute atomic E-state index is 0.531. The van der Waals surface area contributed by atoms with Crippen molar-refractivity contribution in [3.8, 4) is 28.5 Å². The van der Waals surface area contributed by atoms with Gasteiger partial charge in [-0.15, -0.1) is 5.10 Å². The molecule has 0 saturated carbocycles. The van der Waals surface area contributed by atoms with Crippen LogP contribution in [0.4, 0.5) is 11.6 Å². The van der Waals surface area contributed by atoms with Crippen LogP contribution in [0.1, 0.15) is 0 Å². The van der Waals surface area contributed by atoms with Crippen molar-refractivity contribution in [3.63, 3.8) is 0 Å². The lowest BCUT2D eigenvalue weighted by Crippen LogP contribution is -2.45. The number of piperazine rings is 1. The van der Waals surface area contributed by atoms with Crippen molar-refractivity contribution in [2.75, 3.05) is 64.9 Å². The summed E-state index contributed by atoms with van der Waals surface area (Å²) in [5.74, 6) is 2.91. The third kappa shape index (κ3) is 4.93. The van der Waals surface area contributed by atoms with E-state index in [0.29, 0.717) is 25.8 Å². The number of anilines is 2. The molecule has 1 saturated heterocycles. The maximum atomic E-state index is 5.96. The van der Waals surface area contributed by atoms with Crippen LogP contribution in [0.2, 0.25) is 0 Å². The van der Waals surface area contributed by atoms with Gasteiger partial charge in [-0.25, -0.2) is 4.52 Å². The van der Waals surface area contributed by atoms with E-state index < -0.39 is 0 Å². The van der Waals surface area contributed by atoms with Gasteiger partial charge in [-0.1, -0.05) is 6.07 Å². The van der Waals surface area contributed by atoms with E-state index in [1.807, 2.05) is 65.2 Å². The van der Waals surface area contributed by atoms with Crippen molar-refractivity contribution in [1.29, 1.82) is 0 Å². The zero-order valence-electron chi connectivity index (χ0n) is 20.4. The fraction of sp³-hybridized carbons (Fsp3) is 0.333. The maximum Gasteiger partial charge on any atom is 0.247 e. The third-order valence-electron chi connectivity index (χ3n) is 6.58. The normalized spacial score (nSPS) is 16.2. The molecule has 0 atom stereocenters. The Morgan fingerprint density at radius 2 is 1.72 bits per heavy atom. The standard InChI is InChI=1S/C27H30N6O3/c1-31-11-13-32(14-12-31)15-16-34-22-8-6-21(7-9-22)28-27-29-26-4-2-3-23(33(26)30-27)20-5-10-24-25(19-20)36-18-17-35-24/h2-10,19H,11-18H2,1H3,(H,28,30). The molecule has 1 fully saturated rings. The molecule has 2 aromatic heterocycles. The second-order valence-electron chi connectivity index (χ2n) is 9.12. The average molecular weight is 487 g/mol. The van der Waals surface area contributed by atoms with Gasteiger partial charge in [-0.05, 0) is 61.6 Å². The van der Waals surface area contributed by atoms with Crippen molar-refractivity contribution in [2.45, 2.75) is 0 Å². The van der Waals surface area contributed by atoms with E-state index in [2.05, 4.69) is 27.1 Å². The molecule has 2 aromatic carbocycles. The average Bonchev–Trinajstić information content (AvgIpc) is 3.33. The van der Waals surface area contributed by atoms with E-state index in [1.54, 1.807) is 0 Å². The third-order valence-corrected chi connectivity index (χ3v) is 6.58. The Hall–Kier alpha value is -3.82. The van der Waals surface area contributed by atoms with Crippen LogP contribution in [0.5, 0.6) is 17.2 Å². The largest absolute Gasteiger partial charge is 0.492 e. The summed E-state index contributed by atoms with van der Waals surface area (Å²) in [6, 6.07) is 19.8. The fourth-order valence-corrected chi connectivity index (χ4v) is 4.51. The fourth-order valence-electron chi connectivity index (χ4n) is 4.51. The van der Waals surface area contributed by atoms with Crippen molar-refractivity contribution in [1.82, 2.24) is 24.4 Å². The van der Waals surface area contributed by atoms with Crippen LogP contribution in [0, 0.1) is 0 Å². The molecule has 0 amide bonds. The highest BCUT2D eigenvalue weighted by Gasteiger charge is 2.16. The summed E-state index contributed by atoms with van der Waals surface area (Å²) in [5.41, 5.74) is 3.57. The maximum absolute atomic E-state index is 5.96. The molecule has 4 heterocycles. The molecule has 0 bridgehead atoms. The van der Waals surface area contributed by atoms with Gasteiger partial charge < -0.3 is 24.4 Å². The van der Waals surface area contributed by atoms with Gasteiger partial charge in [-0.2, -0.15) is 4.98 Å². The molecule has 6 rings (SSSR count). The number of pyridine rings is 1. The van der Waals surface area contributed by atoms with Crippen molar-refractivity contribution >= 4 is 17.3 Å². The topological polar surface area (TPSA) is 76.4 Å². The van der Waals surface area contributed by atoms with Crippen LogP contribution < -0.4 is 19.5 Å². The van der Waals surface area contributed by atoms with E-state index in [0.717, 1.165) is 72.6 Å². The van der Waals surface area contributed by atoms with Crippen molar-refractivity contribution in [3.05, 3.63) is 60.7 Å².